The molecule has 0 heterocycles. The number of phenolic OH excluding ortho intramolecular Hbond substituents is 1. The third kappa shape index (κ3) is 4.36. The van der Waals surface area contributed by atoms with Gasteiger partial charge in [0.1, 0.15) is 5.75 Å². The summed E-state index contributed by atoms with van der Waals surface area (Å²) < 4.78 is 26.3. The van der Waals surface area contributed by atoms with Crippen molar-refractivity contribution in [3.63, 3.8) is 0 Å². The van der Waals surface area contributed by atoms with Crippen molar-refractivity contribution in [1.29, 1.82) is 0 Å². The normalized spacial score (nSPS) is 11.4. The van der Waals surface area contributed by atoms with Gasteiger partial charge in [0.15, 0.2) is 0 Å². The van der Waals surface area contributed by atoms with Crippen LogP contribution in [0, 0.1) is 0 Å². The van der Waals surface area contributed by atoms with E-state index in [-0.39, 0.29) is 18.0 Å². The van der Waals surface area contributed by atoms with Gasteiger partial charge in [0.05, 0.1) is 5.75 Å². The largest absolute Gasteiger partial charge is 0.508 e. The number of aryl methyl sites for hydroxylation is 1. The fraction of sp³-hybridized carbons (Fsp3) is 0.200. The molecule has 4 nitrogen and oxygen atoms in total. The van der Waals surface area contributed by atoms with Crippen LogP contribution < -0.4 is 4.72 Å². The zero-order valence-corrected chi connectivity index (χ0v) is 11.8. The van der Waals surface area contributed by atoms with Gasteiger partial charge in [0.2, 0.25) is 10.0 Å². The SMILES string of the molecule is O=S(=O)(CCc1ccccc1)NCc1ccccc1O. The lowest BCUT2D eigenvalue weighted by atomic mass is 10.2. The Hall–Kier alpha value is -1.85. The maximum Gasteiger partial charge on any atom is 0.212 e. The first-order valence-corrected chi connectivity index (χ1v) is 8.00. The maximum absolute atomic E-state index is 11.9. The van der Waals surface area contributed by atoms with Gasteiger partial charge in [-0.3, -0.25) is 0 Å². The lowest BCUT2D eigenvalue weighted by Gasteiger charge is -2.08. The Balaban J connectivity index is 1.90. The highest BCUT2D eigenvalue weighted by Crippen LogP contribution is 2.15. The minimum atomic E-state index is -3.36. The molecule has 0 atom stereocenters. The van der Waals surface area contributed by atoms with E-state index in [1.54, 1.807) is 18.2 Å². The highest BCUT2D eigenvalue weighted by atomic mass is 32.2. The van der Waals surface area contributed by atoms with E-state index in [9.17, 15) is 13.5 Å². The predicted molar refractivity (Wildman–Crippen MR) is 78.9 cm³/mol. The van der Waals surface area contributed by atoms with Crippen LogP contribution in [0.2, 0.25) is 0 Å². The maximum atomic E-state index is 11.9. The molecule has 0 aromatic heterocycles. The molecule has 0 unspecified atom stereocenters. The molecule has 0 radical (unpaired) electrons. The summed E-state index contributed by atoms with van der Waals surface area (Å²) in [5.41, 5.74) is 1.55. The second-order valence-electron chi connectivity index (χ2n) is 4.50. The molecule has 0 aliphatic rings. The molecule has 2 rings (SSSR count). The summed E-state index contributed by atoms with van der Waals surface area (Å²) in [5.74, 6) is 0.128. The van der Waals surface area contributed by atoms with E-state index >= 15 is 0 Å². The second-order valence-corrected chi connectivity index (χ2v) is 6.43. The topological polar surface area (TPSA) is 66.4 Å². The van der Waals surface area contributed by atoms with Gasteiger partial charge >= 0.3 is 0 Å². The fourth-order valence-electron chi connectivity index (χ4n) is 1.82. The molecule has 0 saturated heterocycles. The predicted octanol–water partition coefficient (Wildman–Crippen LogP) is 2.05. The second kappa shape index (κ2) is 6.54. The van der Waals surface area contributed by atoms with Crippen molar-refractivity contribution in [2.45, 2.75) is 13.0 Å². The van der Waals surface area contributed by atoms with E-state index < -0.39 is 10.0 Å². The molecule has 5 heteroatoms. The standard InChI is InChI=1S/C15H17NO3S/c17-15-9-5-4-8-14(15)12-16-20(18,19)11-10-13-6-2-1-3-7-13/h1-9,16-17H,10-12H2. The number of rotatable bonds is 6. The van der Waals surface area contributed by atoms with E-state index in [0.29, 0.717) is 12.0 Å². The van der Waals surface area contributed by atoms with E-state index in [1.807, 2.05) is 30.3 Å². The van der Waals surface area contributed by atoms with Gasteiger partial charge in [0, 0.05) is 12.1 Å². The molecule has 0 aliphatic heterocycles. The summed E-state index contributed by atoms with van der Waals surface area (Å²) in [6, 6.07) is 16.2. The Kier molecular flexibility index (Phi) is 4.76. The minimum Gasteiger partial charge on any atom is -0.508 e. The minimum absolute atomic E-state index is 0.0324. The van der Waals surface area contributed by atoms with Crippen molar-refractivity contribution in [3.8, 4) is 5.75 Å². The number of para-hydroxylation sites is 1. The van der Waals surface area contributed by atoms with Gasteiger partial charge in [0.25, 0.3) is 0 Å². The molecule has 2 aromatic carbocycles. The van der Waals surface area contributed by atoms with Gasteiger partial charge in [-0.15, -0.1) is 0 Å². The van der Waals surface area contributed by atoms with Crippen molar-refractivity contribution in [2.24, 2.45) is 0 Å². The van der Waals surface area contributed by atoms with Crippen LogP contribution in [0.25, 0.3) is 0 Å². The molecule has 0 fully saturated rings. The van der Waals surface area contributed by atoms with E-state index in [2.05, 4.69) is 4.72 Å². The van der Waals surface area contributed by atoms with Gasteiger partial charge in [-0.25, -0.2) is 13.1 Å². The third-order valence-corrected chi connectivity index (χ3v) is 4.30. The van der Waals surface area contributed by atoms with Crippen LogP contribution in [0.1, 0.15) is 11.1 Å². The van der Waals surface area contributed by atoms with Crippen LogP contribution in [-0.2, 0) is 23.0 Å². The van der Waals surface area contributed by atoms with E-state index in [1.165, 1.54) is 6.07 Å². The van der Waals surface area contributed by atoms with Gasteiger partial charge in [-0.05, 0) is 18.1 Å². The summed E-state index contributed by atoms with van der Waals surface area (Å²) in [6.07, 6.45) is 0.469. The van der Waals surface area contributed by atoms with Crippen LogP contribution in [0.3, 0.4) is 0 Å². The lowest BCUT2D eigenvalue weighted by Crippen LogP contribution is -2.26. The van der Waals surface area contributed by atoms with Gasteiger partial charge in [-0.1, -0.05) is 48.5 Å². The van der Waals surface area contributed by atoms with E-state index in [4.69, 9.17) is 0 Å². The number of hydrogen-bond donors (Lipinski definition) is 2. The Morgan fingerprint density at radius 3 is 2.30 bits per heavy atom. The van der Waals surface area contributed by atoms with Crippen molar-refractivity contribution in [1.82, 2.24) is 4.72 Å². The van der Waals surface area contributed by atoms with Crippen molar-refractivity contribution in [3.05, 3.63) is 65.7 Å². The highest BCUT2D eigenvalue weighted by molar-refractivity contribution is 7.89. The summed E-state index contributed by atoms with van der Waals surface area (Å²) >= 11 is 0. The van der Waals surface area contributed by atoms with Crippen LogP contribution in [0.15, 0.2) is 54.6 Å². The number of sulfonamides is 1. The van der Waals surface area contributed by atoms with Crippen molar-refractivity contribution in [2.75, 3.05) is 5.75 Å². The summed E-state index contributed by atoms with van der Waals surface area (Å²) in [4.78, 5) is 0. The first-order chi connectivity index (χ1) is 9.57. The van der Waals surface area contributed by atoms with Gasteiger partial charge in [-0.2, -0.15) is 0 Å². The van der Waals surface area contributed by atoms with Crippen molar-refractivity contribution >= 4 is 10.0 Å². The molecular formula is C15H17NO3S. The van der Waals surface area contributed by atoms with Crippen LogP contribution in [0.5, 0.6) is 5.75 Å². The molecule has 106 valence electrons. The zero-order chi connectivity index (χ0) is 14.4. The quantitative estimate of drug-likeness (QED) is 0.856. The van der Waals surface area contributed by atoms with Gasteiger partial charge < -0.3 is 5.11 Å². The highest BCUT2D eigenvalue weighted by Gasteiger charge is 2.11. The first-order valence-electron chi connectivity index (χ1n) is 6.35. The Morgan fingerprint density at radius 1 is 0.950 bits per heavy atom. The smallest absolute Gasteiger partial charge is 0.212 e. The molecule has 0 amide bonds. The molecular weight excluding hydrogens is 274 g/mol. The molecule has 20 heavy (non-hydrogen) atoms. The fourth-order valence-corrected chi connectivity index (χ4v) is 2.84. The third-order valence-electron chi connectivity index (χ3n) is 2.98. The number of nitrogens with one attached hydrogen (secondary N) is 1. The number of hydrogen-bond acceptors (Lipinski definition) is 3. The number of phenols is 1. The molecule has 2 N–H and O–H groups in total. The Morgan fingerprint density at radius 2 is 1.60 bits per heavy atom. The summed E-state index contributed by atoms with van der Waals surface area (Å²) in [7, 11) is -3.36. The first kappa shape index (κ1) is 14.6. The molecule has 0 spiro atoms. The summed E-state index contributed by atoms with van der Waals surface area (Å²) in [6.45, 7) is 0.101. The Bertz CT molecular complexity index is 654. The number of aromatic hydroxyl groups is 1. The lowest BCUT2D eigenvalue weighted by molar-refractivity contribution is 0.467. The number of benzene rings is 2. The Labute approximate surface area is 119 Å². The molecule has 0 aliphatic carbocycles. The molecule has 0 bridgehead atoms. The zero-order valence-electron chi connectivity index (χ0n) is 11.0. The molecule has 2 aromatic rings. The average Bonchev–Trinajstić information content (AvgIpc) is 2.46. The monoisotopic (exact) mass is 291 g/mol. The summed E-state index contributed by atoms with van der Waals surface area (Å²) in [5, 5.41) is 9.58. The van der Waals surface area contributed by atoms with E-state index in [0.717, 1.165) is 5.56 Å². The van der Waals surface area contributed by atoms with Crippen LogP contribution >= 0.6 is 0 Å². The van der Waals surface area contributed by atoms with Crippen molar-refractivity contribution < 1.29 is 13.5 Å². The van der Waals surface area contributed by atoms with Crippen LogP contribution in [-0.4, -0.2) is 19.3 Å². The molecule has 0 saturated carbocycles. The van der Waals surface area contributed by atoms with Crippen LogP contribution in [0.4, 0.5) is 0 Å². The average molecular weight is 291 g/mol.